The first-order valence-corrected chi connectivity index (χ1v) is 29.6. The topological polar surface area (TPSA) is 114 Å². The highest BCUT2D eigenvalue weighted by Crippen LogP contribution is 2.38. The van der Waals surface area contributed by atoms with Crippen LogP contribution in [0.5, 0.6) is 0 Å². The Hall–Kier alpha value is -3.07. The average molecular weight is 997 g/mol. The number of carbonyl (C=O) groups is 2. The van der Waals surface area contributed by atoms with Gasteiger partial charge in [0.2, 0.25) is 5.91 Å². The fourth-order valence-corrected chi connectivity index (χ4v) is 8.27. The molecule has 402 valence electrons. The summed E-state index contributed by atoms with van der Waals surface area (Å²) in [4.78, 5) is 39.8. The lowest BCUT2D eigenvalue weighted by Gasteiger charge is -2.30. The van der Waals surface area contributed by atoms with Gasteiger partial charge < -0.3 is 28.5 Å². The maximum Gasteiger partial charge on any atom is 0.306 e. The van der Waals surface area contributed by atoms with Crippen molar-refractivity contribution in [1.29, 1.82) is 0 Å². The molecule has 0 saturated heterocycles. The second kappa shape index (κ2) is 49.5. The molecule has 9 nitrogen and oxygen atoms in total. The minimum absolute atomic E-state index is 0.0369. The first-order valence-electron chi connectivity index (χ1n) is 28.1. The monoisotopic (exact) mass is 997 g/mol. The van der Waals surface area contributed by atoms with Crippen molar-refractivity contribution < 1.29 is 37.3 Å². The van der Waals surface area contributed by atoms with Gasteiger partial charge in [-0.05, 0) is 76.7 Å². The number of hydrogen-bond acceptors (Lipinski definition) is 7. The molecule has 70 heavy (non-hydrogen) atoms. The van der Waals surface area contributed by atoms with E-state index in [2.05, 4.69) is 50.4 Å². The van der Waals surface area contributed by atoms with E-state index in [-0.39, 0.29) is 31.3 Å². The Morgan fingerprint density at radius 2 is 0.929 bits per heavy atom. The van der Waals surface area contributed by atoms with Gasteiger partial charge in [-0.1, -0.05) is 227 Å². The molecule has 1 amide bonds. The molecule has 3 atom stereocenters. The number of allylic oxidation sites excluding steroid dienone is 15. The smallest absolute Gasteiger partial charge is 0.306 e. The molecule has 0 aromatic rings. The molecule has 0 aromatic carbocycles. The van der Waals surface area contributed by atoms with Gasteiger partial charge in [-0.3, -0.25) is 14.2 Å². The van der Waals surface area contributed by atoms with E-state index in [1.165, 1.54) is 103 Å². The van der Waals surface area contributed by atoms with E-state index in [4.69, 9.17) is 13.8 Å². The van der Waals surface area contributed by atoms with E-state index >= 15 is 0 Å². The number of unbranched alkanes of at least 4 members (excludes halogenated alkanes) is 24. The number of phosphoric ester groups is 1. The molecule has 0 aliphatic carbocycles. The highest BCUT2D eigenvalue weighted by molar-refractivity contribution is 7.45. The first kappa shape index (κ1) is 66.9. The van der Waals surface area contributed by atoms with Crippen LogP contribution in [0.3, 0.4) is 0 Å². The fourth-order valence-electron chi connectivity index (χ4n) is 7.55. The van der Waals surface area contributed by atoms with Crippen LogP contribution in [0.1, 0.15) is 220 Å². The number of hydrogen-bond donors (Lipinski definition) is 1. The molecule has 0 heterocycles. The predicted octanol–water partition coefficient (Wildman–Crippen LogP) is 16.2. The van der Waals surface area contributed by atoms with E-state index in [1.807, 2.05) is 94.1 Å². The largest absolute Gasteiger partial charge is 0.756 e. The van der Waals surface area contributed by atoms with E-state index < -0.39 is 26.6 Å². The lowest BCUT2D eigenvalue weighted by molar-refractivity contribution is -0.870. The van der Waals surface area contributed by atoms with Crippen LogP contribution in [0.4, 0.5) is 0 Å². The van der Waals surface area contributed by atoms with Crippen molar-refractivity contribution in [2.75, 3.05) is 40.9 Å². The quantitative estimate of drug-likeness (QED) is 0.0161. The van der Waals surface area contributed by atoms with Gasteiger partial charge in [0.05, 0.1) is 33.8 Å². The van der Waals surface area contributed by atoms with E-state index in [0.717, 1.165) is 70.6 Å². The van der Waals surface area contributed by atoms with Crippen molar-refractivity contribution in [2.45, 2.75) is 232 Å². The molecule has 0 spiro atoms. The zero-order valence-electron chi connectivity index (χ0n) is 45.7. The van der Waals surface area contributed by atoms with E-state index in [9.17, 15) is 19.0 Å². The fraction of sp³-hybridized carbons (Fsp3) is 0.700. The molecule has 0 fully saturated rings. The molecule has 3 unspecified atom stereocenters. The maximum atomic E-state index is 13.5. The third kappa shape index (κ3) is 49.9. The minimum atomic E-state index is -4.71. The Balaban J connectivity index is 5.48. The lowest BCUT2D eigenvalue weighted by Crippen LogP contribution is -2.47. The maximum absolute atomic E-state index is 13.5. The molecule has 10 heteroatoms. The van der Waals surface area contributed by atoms with Crippen LogP contribution in [0.2, 0.25) is 0 Å². The molecule has 0 aliphatic heterocycles. The Morgan fingerprint density at radius 3 is 1.44 bits per heavy atom. The van der Waals surface area contributed by atoms with Gasteiger partial charge in [-0.15, -0.1) is 0 Å². The van der Waals surface area contributed by atoms with Gasteiger partial charge in [-0.25, -0.2) is 0 Å². The summed E-state index contributed by atoms with van der Waals surface area (Å²) in [6.07, 6.45) is 65.1. The summed E-state index contributed by atoms with van der Waals surface area (Å²) in [5, 5.41) is 2.99. The van der Waals surface area contributed by atoms with Crippen LogP contribution < -0.4 is 10.2 Å². The van der Waals surface area contributed by atoms with Crippen LogP contribution in [0, 0.1) is 0 Å². The number of esters is 1. The molecule has 0 saturated carbocycles. The molecule has 0 aromatic heterocycles. The molecule has 0 radical (unpaired) electrons. The third-order valence-corrected chi connectivity index (χ3v) is 12.9. The number of nitrogens with one attached hydrogen (secondary N) is 1. The SMILES string of the molecule is CC\C=C/C=C/C=C/C=C\C=C\C=C\CCCCCC(=O)NC(COP(=O)([O-])OCC[N+](C)(C)C)C(/C=C/CCCCCCCCCCCC)OC(=O)CCCCCCCCC/C=C\CCCCCC. The van der Waals surface area contributed by atoms with Gasteiger partial charge in [0.25, 0.3) is 7.82 Å². The van der Waals surface area contributed by atoms with Gasteiger partial charge in [0.15, 0.2) is 0 Å². The molecular formula is C60H105N2O7P. The van der Waals surface area contributed by atoms with Crippen LogP contribution in [-0.2, 0) is 27.9 Å². The molecule has 0 bridgehead atoms. The summed E-state index contributed by atoms with van der Waals surface area (Å²) in [5.41, 5.74) is 0. The number of ether oxygens (including phenoxy) is 1. The predicted molar refractivity (Wildman–Crippen MR) is 297 cm³/mol. The third-order valence-electron chi connectivity index (χ3n) is 11.9. The summed E-state index contributed by atoms with van der Waals surface area (Å²) < 4.78 is 30.2. The van der Waals surface area contributed by atoms with Crippen molar-refractivity contribution in [3.8, 4) is 0 Å². The van der Waals surface area contributed by atoms with Gasteiger partial charge in [0.1, 0.15) is 19.3 Å². The number of carbonyl (C=O) groups excluding carboxylic acids is 2. The number of quaternary nitrogens is 1. The van der Waals surface area contributed by atoms with Gasteiger partial charge >= 0.3 is 5.97 Å². The van der Waals surface area contributed by atoms with Crippen LogP contribution in [-0.4, -0.2) is 69.4 Å². The Labute approximate surface area is 430 Å². The van der Waals surface area contributed by atoms with Crippen LogP contribution >= 0.6 is 7.82 Å². The number of phosphoric acid groups is 1. The van der Waals surface area contributed by atoms with E-state index in [1.54, 1.807) is 0 Å². The minimum Gasteiger partial charge on any atom is -0.756 e. The van der Waals surface area contributed by atoms with Crippen molar-refractivity contribution in [2.24, 2.45) is 0 Å². The summed E-state index contributed by atoms with van der Waals surface area (Å²) in [6.45, 7) is 6.62. The van der Waals surface area contributed by atoms with Crippen LogP contribution in [0.15, 0.2) is 97.2 Å². The normalized spacial score (nSPS) is 14.6. The van der Waals surface area contributed by atoms with Crippen molar-refractivity contribution in [3.63, 3.8) is 0 Å². The highest BCUT2D eigenvalue weighted by atomic mass is 31.2. The summed E-state index contributed by atoms with van der Waals surface area (Å²) in [6, 6.07) is -0.917. The highest BCUT2D eigenvalue weighted by Gasteiger charge is 2.27. The summed E-state index contributed by atoms with van der Waals surface area (Å²) >= 11 is 0. The second-order valence-electron chi connectivity index (χ2n) is 19.9. The summed E-state index contributed by atoms with van der Waals surface area (Å²) in [7, 11) is 1.14. The zero-order valence-corrected chi connectivity index (χ0v) is 46.6. The number of amides is 1. The Kier molecular flexibility index (Phi) is 47.3. The van der Waals surface area contributed by atoms with Crippen molar-refractivity contribution >= 4 is 19.7 Å². The van der Waals surface area contributed by atoms with Gasteiger partial charge in [0, 0.05) is 12.8 Å². The zero-order chi connectivity index (χ0) is 51.5. The molecule has 1 N–H and O–H groups in total. The Morgan fingerprint density at radius 1 is 0.514 bits per heavy atom. The van der Waals surface area contributed by atoms with Gasteiger partial charge in [-0.2, -0.15) is 0 Å². The van der Waals surface area contributed by atoms with Crippen molar-refractivity contribution in [1.82, 2.24) is 5.32 Å². The standard InChI is InChI=1S/C60H105N2O7P/c1-7-10-13-16-19-22-25-28-30-31-33-34-37-40-43-46-49-52-59(63)61-57(56-68-70(65,66)67-55-54-62(4,5)6)58(51-48-45-42-39-36-27-24-21-18-15-12-9-3)69-60(64)53-50-47-44-41-38-35-32-29-26-23-20-17-14-11-8-2/h10,13,16,19,22-23,25-26,28,30-31,33-34,37,48,51,57-58H,7-9,11-12,14-15,17-18,20-21,24,27,29,32,35-36,38-47,49-50,52-56H2,1-6H3,(H-,61,63,65,66)/b13-10-,19-16+,25-22+,26-23-,30-28-,33-31+,37-34+,51-48+. The molecular weight excluding hydrogens is 892 g/mol. The van der Waals surface area contributed by atoms with E-state index in [0.29, 0.717) is 23.9 Å². The molecule has 0 rings (SSSR count). The van der Waals surface area contributed by atoms with Crippen LogP contribution in [0.25, 0.3) is 0 Å². The number of nitrogens with zero attached hydrogens (tertiary/aromatic N) is 1. The number of rotatable bonds is 49. The average Bonchev–Trinajstić information content (AvgIpc) is 3.32. The summed E-state index contributed by atoms with van der Waals surface area (Å²) in [5.74, 6) is -0.604. The Bertz CT molecular complexity index is 1520. The lowest BCUT2D eigenvalue weighted by atomic mass is 10.0. The second-order valence-corrected chi connectivity index (χ2v) is 21.3. The number of likely N-dealkylation sites (N-methyl/N-ethyl adjacent to an activating group) is 1. The molecule has 0 aliphatic rings. The van der Waals surface area contributed by atoms with Crippen molar-refractivity contribution in [3.05, 3.63) is 97.2 Å². The first-order chi connectivity index (χ1) is 33.9.